The van der Waals surface area contributed by atoms with Gasteiger partial charge in [-0.15, -0.1) is 11.3 Å². The van der Waals surface area contributed by atoms with E-state index in [-0.39, 0.29) is 5.91 Å². The highest BCUT2D eigenvalue weighted by atomic mass is 35.5. The van der Waals surface area contributed by atoms with E-state index in [0.29, 0.717) is 33.8 Å². The fourth-order valence-electron chi connectivity index (χ4n) is 2.61. The first-order valence-corrected chi connectivity index (χ1v) is 9.12. The molecule has 128 valence electrons. The molecule has 2 aromatic rings. The van der Waals surface area contributed by atoms with Gasteiger partial charge in [-0.3, -0.25) is 10.1 Å². The number of halogens is 1. The van der Waals surface area contributed by atoms with Gasteiger partial charge in [-0.05, 0) is 37.8 Å². The number of carbonyl (C=O) groups excluding carboxylic acids is 1. The van der Waals surface area contributed by atoms with Crippen LogP contribution in [0, 0.1) is 0 Å². The highest BCUT2D eigenvalue weighted by molar-refractivity contribution is 7.16. The summed E-state index contributed by atoms with van der Waals surface area (Å²) in [4.78, 5) is 18.2. The van der Waals surface area contributed by atoms with Crippen molar-refractivity contribution >= 4 is 34.0 Å². The summed E-state index contributed by atoms with van der Waals surface area (Å²) < 4.78 is 10.9. The Morgan fingerprint density at radius 1 is 1.42 bits per heavy atom. The van der Waals surface area contributed by atoms with E-state index in [4.69, 9.17) is 21.1 Å². The maximum absolute atomic E-state index is 12.5. The zero-order valence-corrected chi connectivity index (χ0v) is 15.2. The fourth-order valence-corrected chi connectivity index (χ4v) is 3.92. The van der Waals surface area contributed by atoms with E-state index in [1.807, 2.05) is 6.92 Å². The number of amides is 1. The lowest BCUT2D eigenvalue weighted by atomic mass is 10.2. The van der Waals surface area contributed by atoms with Crippen LogP contribution in [-0.4, -0.2) is 24.6 Å². The summed E-state index contributed by atoms with van der Waals surface area (Å²) in [5.74, 6) is 0.651. The number of thiazole rings is 1. The second kappa shape index (κ2) is 7.40. The number of anilines is 1. The highest BCUT2D eigenvalue weighted by Gasteiger charge is 2.20. The molecular formula is C17H19ClN2O3S. The quantitative estimate of drug-likeness (QED) is 0.826. The molecule has 5 nitrogen and oxygen atoms in total. The van der Waals surface area contributed by atoms with E-state index >= 15 is 0 Å². The standard InChI is InChI=1S/C17H19ClN2O3S/c1-3-7-23-15-11(18)8-10(9-13(15)22-2)16(21)20-17-19-12-5-4-6-14(12)24-17/h8-9H,3-7H2,1-2H3,(H,19,20,21). The van der Waals surface area contributed by atoms with E-state index in [0.717, 1.165) is 31.4 Å². The first-order valence-electron chi connectivity index (χ1n) is 7.92. The smallest absolute Gasteiger partial charge is 0.257 e. The second-order valence-electron chi connectivity index (χ2n) is 5.53. The van der Waals surface area contributed by atoms with E-state index in [1.165, 1.54) is 12.0 Å². The summed E-state index contributed by atoms with van der Waals surface area (Å²) in [5.41, 5.74) is 1.52. The summed E-state index contributed by atoms with van der Waals surface area (Å²) in [7, 11) is 1.53. The van der Waals surface area contributed by atoms with Gasteiger partial charge < -0.3 is 9.47 Å². The van der Waals surface area contributed by atoms with Crippen molar-refractivity contribution in [3.8, 4) is 11.5 Å². The highest BCUT2D eigenvalue weighted by Crippen LogP contribution is 2.37. The summed E-state index contributed by atoms with van der Waals surface area (Å²) >= 11 is 7.80. The van der Waals surface area contributed by atoms with Crippen molar-refractivity contribution < 1.29 is 14.3 Å². The SMILES string of the molecule is CCCOc1c(Cl)cc(C(=O)Nc2nc3c(s2)CCC3)cc1OC. The largest absolute Gasteiger partial charge is 0.493 e. The molecule has 1 aromatic carbocycles. The van der Waals surface area contributed by atoms with Crippen LogP contribution in [0.4, 0.5) is 5.13 Å². The molecule has 1 amide bonds. The summed E-state index contributed by atoms with van der Waals surface area (Å²) in [6, 6.07) is 3.22. The second-order valence-corrected chi connectivity index (χ2v) is 7.03. The Morgan fingerprint density at radius 2 is 2.25 bits per heavy atom. The Balaban J connectivity index is 1.79. The Bertz CT molecular complexity index is 739. The lowest BCUT2D eigenvalue weighted by Crippen LogP contribution is -2.12. The number of hydrogen-bond acceptors (Lipinski definition) is 5. The van der Waals surface area contributed by atoms with Crippen molar-refractivity contribution in [3.63, 3.8) is 0 Å². The molecule has 1 aliphatic carbocycles. The van der Waals surface area contributed by atoms with Gasteiger partial charge in [0.15, 0.2) is 16.6 Å². The fraction of sp³-hybridized carbons (Fsp3) is 0.412. The topological polar surface area (TPSA) is 60.5 Å². The monoisotopic (exact) mass is 366 g/mol. The molecule has 0 saturated carbocycles. The Labute approximate surface area is 150 Å². The summed E-state index contributed by atoms with van der Waals surface area (Å²) in [6.07, 6.45) is 4.04. The number of benzene rings is 1. The molecule has 0 saturated heterocycles. The molecule has 0 radical (unpaired) electrons. The molecule has 0 spiro atoms. The van der Waals surface area contributed by atoms with Gasteiger partial charge >= 0.3 is 0 Å². The van der Waals surface area contributed by atoms with Gasteiger partial charge in [-0.25, -0.2) is 4.98 Å². The number of rotatable bonds is 6. The summed E-state index contributed by atoms with van der Waals surface area (Å²) in [6.45, 7) is 2.54. The van der Waals surface area contributed by atoms with Crippen LogP contribution in [-0.2, 0) is 12.8 Å². The number of fused-ring (bicyclic) bond motifs is 1. The van der Waals surface area contributed by atoms with E-state index in [1.54, 1.807) is 23.5 Å². The van der Waals surface area contributed by atoms with E-state index < -0.39 is 0 Å². The Hall–Kier alpha value is -1.79. The van der Waals surface area contributed by atoms with Crippen molar-refractivity contribution in [3.05, 3.63) is 33.3 Å². The van der Waals surface area contributed by atoms with Crippen LogP contribution in [0.15, 0.2) is 12.1 Å². The molecule has 24 heavy (non-hydrogen) atoms. The van der Waals surface area contributed by atoms with Crippen molar-refractivity contribution in [1.29, 1.82) is 0 Å². The van der Waals surface area contributed by atoms with Crippen LogP contribution < -0.4 is 14.8 Å². The maximum atomic E-state index is 12.5. The number of ether oxygens (including phenoxy) is 2. The van der Waals surface area contributed by atoms with Crippen molar-refractivity contribution in [1.82, 2.24) is 4.98 Å². The number of carbonyl (C=O) groups is 1. The minimum absolute atomic E-state index is 0.260. The zero-order valence-electron chi connectivity index (χ0n) is 13.6. The van der Waals surface area contributed by atoms with Crippen LogP contribution in [0.2, 0.25) is 5.02 Å². The third kappa shape index (κ3) is 3.49. The van der Waals surface area contributed by atoms with Gasteiger partial charge in [0.1, 0.15) is 0 Å². The van der Waals surface area contributed by atoms with Crippen LogP contribution >= 0.6 is 22.9 Å². The molecule has 0 bridgehead atoms. The Morgan fingerprint density at radius 3 is 2.96 bits per heavy atom. The molecule has 3 rings (SSSR count). The molecular weight excluding hydrogens is 348 g/mol. The minimum atomic E-state index is -0.260. The molecule has 7 heteroatoms. The maximum Gasteiger partial charge on any atom is 0.257 e. The number of aromatic nitrogens is 1. The summed E-state index contributed by atoms with van der Waals surface area (Å²) in [5, 5.41) is 3.83. The number of methoxy groups -OCH3 is 1. The average Bonchev–Trinajstić information content (AvgIpc) is 3.14. The molecule has 0 atom stereocenters. The van der Waals surface area contributed by atoms with Crippen LogP contribution in [0.1, 0.15) is 40.7 Å². The first kappa shape index (κ1) is 17.0. The van der Waals surface area contributed by atoms with Gasteiger partial charge in [0.05, 0.1) is 24.4 Å². The molecule has 0 aliphatic heterocycles. The number of hydrogen-bond donors (Lipinski definition) is 1. The first-order chi connectivity index (χ1) is 11.6. The third-order valence-corrected chi connectivity index (χ3v) is 5.11. The van der Waals surface area contributed by atoms with Crippen molar-refractivity contribution in [2.24, 2.45) is 0 Å². The van der Waals surface area contributed by atoms with Gasteiger partial charge in [0.2, 0.25) is 0 Å². The minimum Gasteiger partial charge on any atom is -0.493 e. The van der Waals surface area contributed by atoms with E-state index in [9.17, 15) is 4.79 Å². The molecule has 1 heterocycles. The molecule has 1 aromatic heterocycles. The van der Waals surface area contributed by atoms with Crippen LogP contribution in [0.5, 0.6) is 11.5 Å². The zero-order chi connectivity index (χ0) is 17.1. The molecule has 0 unspecified atom stereocenters. The Kier molecular flexibility index (Phi) is 5.26. The number of nitrogens with one attached hydrogen (secondary N) is 1. The van der Waals surface area contributed by atoms with Crippen molar-refractivity contribution in [2.75, 3.05) is 19.0 Å². The van der Waals surface area contributed by atoms with E-state index in [2.05, 4.69) is 10.3 Å². The lowest BCUT2D eigenvalue weighted by molar-refractivity contribution is 0.102. The van der Waals surface area contributed by atoms with Crippen molar-refractivity contribution in [2.45, 2.75) is 32.6 Å². The predicted octanol–water partition coefficient (Wildman–Crippen LogP) is 4.33. The third-order valence-electron chi connectivity index (χ3n) is 3.76. The van der Waals surface area contributed by atoms with Gasteiger partial charge in [-0.2, -0.15) is 0 Å². The van der Waals surface area contributed by atoms with Crippen LogP contribution in [0.3, 0.4) is 0 Å². The number of aryl methyl sites for hydroxylation is 2. The molecule has 0 fully saturated rings. The number of nitrogens with zero attached hydrogens (tertiary/aromatic N) is 1. The molecule has 1 aliphatic rings. The van der Waals surface area contributed by atoms with Gasteiger partial charge in [-0.1, -0.05) is 18.5 Å². The van der Waals surface area contributed by atoms with Gasteiger partial charge in [0, 0.05) is 10.4 Å². The molecule has 1 N–H and O–H groups in total. The normalized spacial score (nSPS) is 12.8. The van der Waals surface area contributed by atoms with Gasteiger partial charge in [0.25, 0.3) is 5.91 Å². The average molecular weight is 367 g/mol. The van der Waals surface area contributed by atoms with Crippen LogP contribution in [0.25, 0.3) is 0 Å². The lowest BCUT2D eigenvalue weighted by Gasteiger charge is -2.13. The predicted molar refractivity (Wildman–Crippen MR) is 95.9 cm³/mol.